The van der Waals surface area contributed by atoms with Crippen molar-refractivity contribution in [2.45, 2.75) is 13.3 Å². The summed E-state index contributed by atoms with van der Waals surface area (Å²) in [6.45, 7) is 1.76. The van der Waals surface area contributed by atoms with Gasteiger partial charge in [-0.3, -0.25) is 14.4 Å². The van der Waals surface area contributed by atoms with E-state index in [1.54, 1.807) is 41.1 Å². The van der Waals surface area contributed by atoms with Crippen LogP contribution in [0.25, 0.3) is 0 Å². The summed E-state index contributed by atoms with van der Waals surface area (Å²) in [6.07, 6.45) is 0.181. The summed E-state index contributed by atoms with van der Waals surface area (Å²) in [7, 11) is 1.72. The Morgan fingerprint density at radius 3 is 2.54 bits per heavy atom. The highest BCUT2D eigenvalue weighted by Gasteiger charge is 2.36. The molecular formula is C20H21N3O3. The molecule has 6 heteroatoms. The van der Waals surface area contributed by atoms with E-state index in [0.717, 1.165) is 5.69 Å². The van der Waals surface area contributed by atoms with Crippen molar-refractivity contribution < 1.29 is 14.4 Å². The van der Waals surface area contributed by atoms with E-state index in [0.29, 0.717) is 17.9 Å². The van der Waals surface area contributed by atoms with Gasteiger partial charge in [-0.1, -0.05) is 24.3 Å². The van der Waals surface area contributed by atoms with Gasteiger partial charge in [0.05, 0.1) is 5.92 Å². The number of benzene rings is 2. The van der Waals surface area contributed by atoms with Crippen molar-refractivity contribution in [3.63, 3.8) is 0 Å². The summed E-state index contributed by atoms with van der Waals surface area (Å²) in [5.41, 5.74) is 2.11. The Bertz CT molecular complexity index is 835. The minimum atomic E-state index is -0.392. The SMILES string of the molecule is CC(=O)Nc1cccc(N2CC(C(=O)N(C)c3ccccc3)CC2=O)c1. The Balaban J connectivity index is 1.74. The number of rotatable bonds is 4. The Kier molecular flexibility index (Phi) is 5.02. The first-order chi connectivity index (χ1) is 12.5. The van der Waals surface area contributed by atoms with Crippen molar-refractivity contribution in [3.8, 4) is 0 Å². The van der Waals surface area contributed by atoms with Gasteiger partial charge in [-0.05, 0) is 30.3 Å². The molecule has 0 saturated carbocycles. The molecule has 6 nitrogen and oxygen atoms in total. The molecule has 2 aromatic rings. The number of carbonyl (C=O) groups is 3. The van der Waals surface area contributed by atoms with E-state index in [4.69, 9.17) is 0 Å². The van der Waals surface area contributed by atoms with E-state index in [-0.39, 0.29) is 24.1 Å². The third-order valence-corrected chi connectivity index (χ3v) is 4.43. The van der Waals surface area contributed by atoms with Gasteiger partial charge in [0.1, 0.15) is 0 Å². The van der Waals surface area contributed by atoms with Crippen LogP contribution in [0.3, 0.4) is 0 Å². The molecule has 3 amide bonds. The van der Waals surface area contributed by atoms with Gasteiger partial charge in [-0.25, -0.2) is 0 Å². The molecule has 0 aliphatic carbocycles. The monoisotopic (exact) mass is 351 g/mol. The van der Waals surface area contributed by atoms with Gasteiger partial charge in [-0.2, -0.15) is 0 Å². The molecule has 26 heavy (non-hydrogen) atoms. The zero-order valence-electron chi connectivity index (χ0n) is 14.8. The number of para-hydroxylation sites is 1. The van der Waals surface area contributed by atoms with Crippen LogP contribution in [0.5, 0.6) is 0 Å². The molecule has 1 heterocycles. The van der Waals surface area contributed by atoms with E-state index in [2.05, 4.69) is 5.32 Å². The summed E-state index contributed by atoms with van der Waals surface area (Å²) >= 11 is 0. The molecule has 0 bridgehead atoms. The lowest BCUT2D eigenvalue weighted by atomic mass is 10.1. The predicted octanol–water partition coefficient (Wildman–Crippen LogP) is 2.66. The highest BCUT2D eigenvalue weighted by molar-refractivity contribution is 6.04. The van der Waals surface area contributed by atoms with Gasteiger partial charge in [0, 0.05) is 44.0 Å². The van der Waals surface area contributed by atoms with E-state index >= 15 is 0 Å². The lowest BCUT2D eigenvalue weighted by molar-refractivity contribution is -0.124. The number of hydrogen-bond acceptors (Lipinski definition) is 3. The van der Waals surface area contributed by atoms with E-state index in [1.165, 1.54) is 6.92 Å². The van der Waals surface area contributed by atoms with Gasteiger partial charge in [-0.15, -0.1) is 0 Å². The maximum Gasteiger partial charge on any atom is 0.232 e. The van der Waals surface area contributed by atoms with Crippen LogP contribution in [-0.4, -0.2) is 31.3 Å². The Morgan fingerprint density at radius 2 is 1.85 bits per heavy atom. The highest BCUT2D eigenvalue weighted by atomic mass is 16.2. The van der Waals surface area contributed by atoms with Crippen molar-refractivity contribution in [2.75, 3.05) is 28.7 Å². The van der Waals surface area contributed by atoms with Gasteiger partial charge >= 0.3 is 0 Å². The van der Waals surface area contributed by atoms with Crippen LogP contribution in [0.15, 0.2) is 54.6 Å². The molecule has 134 valence electrons. The highest BCUT2D eigenvalue weighted by Crippen LogP contribution is 2.29. The molecule has 1 atom stereocenters. The van der Waals surface area contributed by atoms with Gasteiger partial charge in [0.15, 0.2) is 0 Å². The summed E-state index contributed by atoms with van der Waals surface area (Å²) in [5.74, 6) is -0.737. The Hall–Kier alpha value is -3.15. The third kappa shape index (κ3) is 3.74. The van der Waals surface area contributed by atoms with Crippen LogP contribution >= 0.6 is 0 Å². The van der Waals surface area contributed by atoms with Crippen LogP contribution < -0.4 is 15.1 Å². The first-order valence-corrected chi connectivity index (χ1v) is 8.46. The van der Waals surface area contributed by atoms with E-state index in [9.17, 15) is 14.4 Å². The van der Waals surface area contributed by atoms with Crippen LogP contribution in [0.2, 0.25) is 0 Å². The van der Waals surface area contributed by atoms with Gasteiger partial charge in [0.2, 0.25) is 17.7 Å². The third-order valence-electron chi connectivity index (χ3n) is 4.43. The number of nitrogens with one attached hydrogen (secondary N) is 1. The van der Waals surface area contributed by atoms with E-state index < -0.39 is 5.92 Å². The normalized spacial score (nSPS) is 16.5. The van der Waals surface area contributed by atoms with Crippen molar-refractivity contribution in [2.24, 2.45) is 5.92 Å². The van der Waals surface area contributed by atoms with Crippen LogP contribution in [-0.2, 0) is 14.4 Å². The molecule has 2 aromatic carbocycles. The zero-order valence-corrected chi connectivity index (χ0v) is 14.8. The second kappa shape index (κ2) is 7.39. The van der Waals surface area contributed by atoms with Gasteiger partial charge < -0.3 is 15.1 Å². The quantitative estimate of drug-likeness (QED) is 0.921. The minimum absolute atomic E-state index is 0.0786. The summed E-state index contributed by atoms with van der Waals surface area (Å²) < 4.78 is 0. The zero-order chi connectivity index (χ0) is 18.7. The lowest BCUT2D eigenvalue weighted by Crippen LogP contribution is -2.34. The maximum absolute atomic E-state index is 12.8. The second-order valence-electron chi connectivity index (χ2n) is 6.37. The lowest BCUT2D eigenvalue weighted by Gasteiger charge is -2.22. The van der Waals surface area contributed by atoms with E-state index in [1.807, 2.05) is 30.3 Å². The number of nitrogens with zero attached hydrogens (tertiary/aromatic N) is 2. The Morgan fingerprint density at radius 1 is 1.12 bits per heavy atom. The summed E-state index contributed by atoms with van der Waals surface area (Å²) in [5, 5.41) is 2.71. The summed E-state index contributed by atoms with van der Waals surface area (Å²) in [6, 6.07) is 16.5. The maximum atomic E-state index is 12.8. The number of carbonyl (C=O) groups excluding carboxylic acids is 3. The molecular weight excluding hydrogens is 330 g/mol. The smallest absolute Gasteiger partial charge is 0.232 e. The number of anilines is 3. The molecule has 0 aromatic heterocycles. The van der Waals surface area contributed by atoms with Crippen LogP contribution in [0.1, 0.15) is 13.3 Å². The molecule has 1 saturated heterocycles. The Labute approximate surface area is 152 Å². The first-order valence-electron chi connectivity index (χ1n) is 8.46. The first kappa shape index (κ1) is 17.7. The molecule has 1 aliphatic heterocycles. The summed E-state index contributed by atoms with van der Waals surface area (Å²) in [4.78, 5) is 39.6. The molecule has 1 N–H and O–H groups in total. The fourth-order valence-corrected chi connectivity index (χ4v) is 3.13. The predicted molar refractivity (Wildman–Crippen MR) is 101 cm³/mol. The molecule has 1 unspecified atom stereocenters. The van der Waals surface area contributed by atoms with Crippen LogP contribution in [0, 0.1) is 5.92 Å². The van der Waals surface area contributed by atoms with Crippen molar-refractivity contribution in [1.82, 2.24) is 0 Å². The second-order valence-corrected chi connectivity index (χ2v) is 6.37. The average molecular weight is 351 g/mol. The number of amides is 3. The molecule has 1 aliphatic rings. The topological polar surface area (TPSA) is 69.7 Å². The van der Waals surface area contributed by atoms with Crippen LogP contribution in [0.4, 0.5) is 17.1 Å². The fraction of sp³-hybridized carbons (Fsp3) is 0.250. The van der Waals surface area contributed by atoms with Gasteiger partial charge in [0.25, 0.3) is 0 Å². The molecule has 1 fully saturated rings. The standard InChI is InChI=1S/C20H21N3O3/c1-14(24)21-16-7-6-10-18(12-16)23-13-15(11-19(23)25)20(26)22(2)17-8-4-3-5-9-17/h3-10,12,15H,11,13H2,1-2H3,(H,21,24). The van der Waals surface area contributed by atoms with Crippen molar-refractivity contribution in [1.29, 1.82) is 0 Å². The number of hydrogen-bond donors (Lipinski definition) is 1. The largest absolute Gasteiger partial charge is 0.326 e. The van der Waals surface area contributed by atoms with Crippen molar-refractivity contribution >= 4 is 34.8 Å². The van der Waals surface area contributed by atoms with Crippen molar-refractivity contribution in [3.05, 3.63) is 54.6 Å². The fourth-order valence-electron chi connectivity index (χ4n) is 3.13. The molecule has 0 spiro atoms. The minimum Gasteiger partial charge on any atom is -0.326 e. The molecule has 0 radical (unpaired) electrons. The average Bonchev–Trinajstić information content (AvgIpc) is 3.02. The molecule has 3 rings (SSSR count).